The predicted octanol–water partition coefficient (Wildman–Crippen LogP) is 0.138. The first-order valence-corrected chi connectivity index (χ1v) is 3.84. The summed E-state index contributed by atoms with van der Waals surface area (Å²) >= 11 is 0. The number of hydrogen-bond acceptors (Lipinski definition) is 4. The molecule has 0 aromatic heterocycles. The van der Waals surface area contributed by atoms with Gasteiger partial charge in [0.1, 0.15) is 0 Å². The maximum atomic E-state index is 10.4. The van der Waals surface area contributed by atoms with E-state index in [4.69, 9.17) is 9.84 Å². The number of aliphatic carboxylic acids is 1. The summed E-state index contributed by atoms with van der Waals surface area (Å²) in [7, 11) is 1.34. The van der Waals surface area contributed by atoms with Crippen LogP contribution in [0.25, 0.3) is 0 Å². The molecule has 0 aliphatic heterocycles. The molecule has 3 N–H and O–H groups in total. The monoisotopic (exact) mass is 221 g/mol. The van der Waals surface area contributed by atoms with E-state index in [1.807, 2.05) is 0 Å². The molecule has 1 aromatic carbocycles. The van der Waals surface area contributed by atoms with E-state index in [2.05, 4.69) is 0 Å². The number of benzene rings is 1. The van der Waals surface area contributed by atoms with E-state index in [9.17, 15) is 15.0 Å². The Morgan fingerprint density at radius 1 is 1.47 bits per heavy atom. The second-order valence-corrected chi connectivity index (χ2v) is 2.67. The first kappa shape index (κ1) is 14.2. The van der Waals surface area contributed by atoms with Gasteiger partial charge in [0.25, 0.3) is 0 Å². The van der Waals surface area contributed by atoms with Gasteiger partial charge in [0.15, 0.2) is 17.6 Å². The van der Waals surface area contributed by atoms with Gasteiger partial charge in [-0.1, -0.05) is 6.07 Å². The zero-order valence-electron chi connectivity index (χ0n) is 8.47. The molecule has 0 aliphatic rings. The molecule has 1 aromatic rings. The van der Waals surface area contributed by atoms with Crippen LogP contribution in [0.4, 0.5) is 0 Å². The standard InChI is InChI=1S/C9H10O5.Na/c1-14-7-4-5(2-3-6(7)10)8(11)9(12)13;/h2-4,8,10-11H,1H3,(H,12,13);. The molecule has 1 rings (SSSR count). The van der Waals surface area contributed by atoms with Crippen molar-refractivity contribution >= 4 is 35.5 Å². The maximum absolute atomic E-state index is 10.4. The van der Waals surface area contributed by atoms with Crippen LogP contribution in [0, 0.1) is 0 Å². The minimum atomic E-state index is -1.61. The van der Waals surface area contributed by atoms with Gasteiger partial charge in [-0.05, 0) is 17.7 Å². The Bertz CT molecular complexity index is 352. The van der Waals surface area contributed by atoms with E-state index >= 15 is 0 Å². The number of aliphatic hydroxyl groups is 1. The fourth-order valence-electron chi connectivity index (χ4n) is 1.01. The average Bonchev–Trinajstić information content (AvgIpc) is 2.17. The van der Waals surface area contributed by atoms with Gasteiger partial charge < -0.3 is 20.1 Å². The van der Waals surface area contributed by atoms with E-state index in [0.29, 0.717) is 0 Å². The summed E-state index contributed by atoms with van der Waals surface area (Å²) in [4.78, 5) is 10.4. The number of rotatable bonds is 3. The van der Waals surface area contributed by atoms with E-state index in [-0.39, 0.29) is 46.6 Å². The SMILES string of the molecule is COc1cc(C(O)C(=O)O)ccc1O.[Na]. The van der Waals surface area contributed by atoms with E-state index in [1.165, 1.54) is 25.3 Å². The number of hydrogen-bond donors (Lipinski definition) is 3. The van der Waals surface area contributed by atoms with E-state index in [1.54, 1.807) is 0 Å². The topological polar surface area (TPSA) is 87.0 Å². The molecule has 0 bridgehead atoms. The third-order valence-corrected chi connectivity index (χ3v) is 1.75. The Labute approximate surface area is 109 Å². The molecule has 15 heavy (non-hydrogen) atoms. The number of carboxylic acid groups (broad SMARTS) is 1. The van der Waals surface area contributed by atoms with Crippen LogP contribution in [0.3, 0.4) is 0 Å². The molecule has 1 atom stereocenters. The van der Waals surface area contributed by atoms with Crippen molar-refractivity contribution in [3.05, 3.63) is 23.8 Å². The first-order valence-electron chi connectivity index (χ1n) is 3.84. The summed E-state index contributed by atoms with van der Waals surface area (Å²) < 4.78 is 4.76. The second kappa shape index (κ2) is 5.97. The van der Waals surface area contributed by atoms with Gasteiger partial charge in [0, 0.05) is 29.6 Å². The summed E-state index contributed by atoms with van der Waals surface area (Å²) in [5, 5.41) is 26.9. The van der Waals surface area contributed by atoms with Crippen LogP contribution >= 0.6 is 0 Å². The van der Waals surface area contributed by atoms with Crippen LogP contribution in [0.2, 0.25) is 0 Å². The van der Waals surface area contributed by atoms with Gasteiger partial charge in [-0.25, -0.2) is 4.79 Å². The van der Waals surface area contributed by atoms with Gasteiger partial charge >= 0.3 is 5.97 Å². The molecule has 0 saturated heterocycles. The Balaban J connectivity index is 0.00000196. The van der Waals surface area contributed by atoms with Crippen molar-refractivity contribution < 1.29 is 24.9 Å². The molecule has 0 aliphatic carbocycles. The Morgan fingerprint density at radius 2 is 2.07 bits per heavy atom. The summed E-state index contributed by atoms with van der Waals surface area (Å²) in [6.45, 7) is 0. The molecule has 0 saturated carbocycles. The first-order chi connectivity index (χ1) is 6.56. The Kier molecular flexibility index (Phi) is 5.67. The number of carboxylic acids is 1. The van der Waals surface area contributed by atoms with Crippen molar-refractivity contribution in [1.82, 2.24) is 0 Å². The van der Waals surface area contributed by atoms with Gasteiger partial charge in [-0.2, -0.15) is 0 Å². The van der Waals surface area contributed by atoms with Crippen LogP contribution in [-0.2, 0) is 4.79 Å². The normalized spacial score (nSPS) is 11.3. The molecule has 6 heteroatoms. The molecule has 0 fully saturated rings. The van der Waals surface area contributed by atoms with Gasteiger partial charge in [-0.3, -0.25) is 0 Å². The molecule has 0 spiro atoms. The van der Waals surface area contributed by atoms with Crippen molar-refractivity contribution in [3.63, 3.8) is 0 Å². The molecular formula is C9H10NaO5. The van der Waals surface area contributed by atoms with Crippen LogP contribution in [-0.4, -0.2) is 58.0 Å². The quantitative estimate of drug-likeness (QED) is 0.632. The van der Waals surface area contributed by atoms with E-state index in [0.717, 1.165) is 0 Å². The third-order valence-electron chi connectivity index (χ3n) is 1.75. The minimum absolute atomic E-state index is 0. The fraction of sp³-hybridized carbons (Fsp3) is 0.222. The molecule has 1 radical (unpaired) electrons. The van der Waals surface area contributed by atoms with E-state index < -0.39 is 12.1 Å². The number of aliphatic hydroxyl groups excluding tert-OH is 1. The van der Waals surface area contributed by atoms with Crippen molar-refractivity contribution in [3.8, 4) is 11.5 Å². The average molecular weight is 221 g/mol. The van der Waals surface area contributed by atoms with Crippen molar-refractivity contribution in [2.45, 2.75) is 6.10 Å². The third kappa shape index (κ3) is 3.39. The number of ether oxygens (including phenoxy) is 1. The molecule has 0 heterocycles. The number of phenolic OH excluding ortho intramolecular Hbond substituents is 1. The van der Waals surface area contributed by atoms with Gasteiger partial charge in [0.05, 0.1) is 7.11 Å². The fourth-order valence-corrected chi connectivity index (χ4v) is 1.01. The van der Waals surface area contributed by atoms with Crippen molar-refractivity contribution in [2.24, 2.45) is 0 Å². The maximum Gasteiger partial charge on any atom is 0.337 e. The van der Waals surface area contributed by atoms with Crippen LogP contribution in [0.5, 0.6) is 11.5 Å². The Morgan fingerprint density at radius 3 is 2.53 bits per heavy atom. The zero-order valence-corrected chi connectivity index (χ0v) is 10.5. The minimum Gasteiger partial charge on any atom is -0.504 e. The molecule has 77 valence electrons. The van der Waals surface area contributed by atoms with Crippen molar-refractivity contribution in [1.29, 1.82) is 0 Å². The summed E-state index contributed by atoms with van der Waals surface area (Å²) in [5.41, 5.74) is 0.159. The van der Waals surface area contributed by atoms with Crippen molar-refractivity contribution in [2.75, 3.05) is 7.11 Å². The molecule has 1 unspecified atom stereocenters. The number of aromatic hydroxyl groups is 1. The van der Waals surface area contributed by atoms with Gasteiger partial charge in [-0.15, -0.1) is 0 Å². The van der Waals surface area contributed by atoms with Gasteiger partial charge in [0.2, 0.25) is 0 Å². The second-order valence-electron chi connectivity index (χ2n) is 2.67. The molecule has 5 nitrogen and oxygen atoms in total. The zero-order chi connectivity index (χ0) is 10.7. The number of phenols is 1. The number of methoxy groups -OCH3 is 1. The van der Waals surface area contributed by atoms with Crippen LogP contribution in [0.15, 0.2) is 18.2 Å². The molecular weight excluding hydrogens is 211 g/mol. The smallest absolute Gasteiger partial charge is 0.337 e. The van der Waals surface area contributed by atoms with Crippen LogP contribution < -0.4 is 4.74 Å². The molecule has 0 amide bonds. The summed E-state index contributed by atoms with van der Waals surface area (Å²) in [6, 6.07) is 3.85. The summed E-state index contributed by atoms with van der Waals surface area (Å²) in [6.07, 6.45) is -1.61. The summed E-state index contributed by atoms with van der Waals surface area (Å²) in [5.74, 6) is -1.32. The Hall–Kier alpha value is -0.750. The number of carbonyl (C=O) groups is 1. The van der Waals surface area contributed by atoms with Crippen LogP contribution in [0.1, 0.15) is 11.7 Å². The largest absolute Gasteiger partial charge is 0.504 e. The predicted molar refractivity (Wildman–Crippen MR) is 53.0 cm³/mol.